The molecule has 42 heavy (non-hydrogen) atoms. The third-order valence-electron chi connectivity index (χ3n) is 7.42. The highest BCUT2D eigenvalue weighted by Crippen LogP contribution is 2.33. The predicted molar refractivity (Wildman–Crippen MR) is 169 cm³/mol. The van der Waals surface area contributed by atoms with Crippen molar-refractivity contribution in [2.45, 2.75) is 63.9 Å². The second kappa shape index (κ2) is 15.5. The number of fused-ring (bicyclic) bond motifs is 2. The lowest BCUT2D eigenvalue weighted by Gasteiger charge is -2.26. The van der Waals surface area contributed by atoms with Crippen LogP contribution >= 0.6 is 15.9 Å². The molecule has 0 N–H and O–H groups in total. The highest BCUT2D eigenvalue weighted by Gasteiger charge is 2.21. The predicted octanol–water partition coefficient (Wildman–Crippen LogP) is 8.29. The highest BCUT2D eigenvalue weighted by atomic mass is 79.9. The summed E-state index contributed by atoms with van der Waals surface area (Å²) in [5, 5.41) is 0.983. The van der Waals surface area contributed by atoms with Crippen LogP contribution in [0.1, 0.15) is 47.9 Å². The molecule has 0 aliphatic carbocycles. The minimum Gasteiger partial charge on any atom is -0.490 e. The molecule has 218 valence electrons. The molecule has 6 heteroatoms. The fourth-order valence-corrected chi connectivity index (χ4v) is 5.58. The van der Waals surface area contributed by atoms with Crippen molar-refractivity contribution >= 4 is 22.2 Å². The smallest absolute Gasteiger partial charge is 0.126 e. The minimum absolute atomic E-state index is 0.000580. The Labute approximate surface area is 256 Å². The van der Waals surface area contributed by atoms with Crippen molar-refractivity contribution in [3.63, 3.8) is 0 Å². The average Bonchev–Trinajstić information content (AvgIpc) is 3.04. The van der Waals surface area contributed by atoms with Gasteiger partial charge in [0.1, 0.15) is 48.6 Å². The molecule has 6 rings (SSSR count). The summed E-state index contributed by atoms with van der Waals surface area (Å²) in [5.41, 5.74) is 4.78. The number of halogens is 1. The van der Waals surface area contributed by atoms with E-state index in [4.69, 9.17) is 18.9 Å². The van der Waals surface area contributed by atoms with E-state index in [0.717, 1.165) is 72.3 Å². The van der Waals surface area contributed by atoms with Crippen LogP contribution in [0.15, 0.2) is 97.1 Å². The van der Waals surface area contributed by atoms with Crippen molar-refractivity contribution in [3.05, 3.63) is 119 Å². The van der Waals surface area contributed by atoms with Crippen LogP contribution in [-0.4, -0.2) is 23.8 Å². The van der Waals surface area contributed by atoms with Crippen molar-refractivity contribution in [2.24, 2.45) is 0 Å². The van der Waals surface area contributed by atoms with Gasteiger partial charge in [0.2, 0.25) is 0 Å². The largest absolute Gasteiger partial charge is 0.490 e. The van der Waals surface area contributed by atoms with Gasteiger partial charge in [0.05, 0.1) is 6.10 Å². The van der Waals surface area contributed by atoms with Gasteiger partial charge in [0.15, 0.2) is 0 Å². The molecule has 0 amide bonds. The first-order valence-electron chi connectivity index (χ1n) is 14.6. The van der Waals surface area contributed by atoms with E-state index >= 15 is 0 Å². The molecule has 0 spiro atoms. The van der Waals surface area contributed by atoms with Crippen molar-refractivity contribution in [2.75, 3.05) is 5.33 Å². The van der Waals surface area contributed by atoms with E-state index in [-0.39, 0.29) is 6.10 Å². The Kier molecular flexibility index (Phi) is 10.9. The highest BCUT2D eigenvalue weighted by molar-refractivity contribution is 9.09. The summed E-state index contributed by atoms with van der Waals surface area (Å²) < 4.78 is 23.6. The molecule has 4 aromatic carbocycles. The number of carbonyl (C=O) groups is 1. The SMILES string of the molecule is BrCCC1CCc2ccc(OCc3ccccc3)cc2O1.O=CCC1CCc2ccc(OCc3ccccc3)cc2O1. The summed E-state index contributed by atoms with van der Waals surface area (Å²) in [6, 6.07) is 32.4. The normalized spacial score (nSPS) is 16.8. The summed E-state index contributed by atoms with van der Waals surface area (Å²) in [6.07, 6.45) is 6.78. The average molecular weight is 630 g/mol. The number of aryl methyl sites for hydroxylation is 2. The van der Waals surface area contributed by atoms with E-state index in [9.17, 15) is 4.79 Å². The summed E-state index contributed by atoms with van der Waals surface area (Å²) in [7, 11) is 0. The third kappa shape index (κ3) is 8.62. The van der Waals surface area contributed by atoms with Crippen LogP contribution in [0.2, 0.25) is 0 Å². The number of ether oxygens (including phenoxy) is 4. The van der Waals surface area contributed by atoms with Gasteiger partial charge in [-0.25, -0.2) is 0 Å². The molecule has 2 aliphatic rings. The Morgan fingerprint density at radius 1 is 0.690 bits per heavy atom. The standard InChI is InChI=1S/C18H19BrO2.C18H18O3/c2*19-11-10-16-8-6-15-7-9-17(12-18(15)21-16)20-13-14-4-2-1-3-5-14/h1-5,7,9,12,16H,6,8,10-11,13H2;1-5,7,9,11-12,16H,6,8,10,13H2. The summed E-state index contributed by atoms with van der Waals surface area (Å²) in [5.74, 6) is 3.50. The Balaban J connectivity index is 0.000000168. The maximum absolute atomic E-state index is 10.6. The Hall–Kier alpha value is -3.77. The zero-order valence-corrected chi connectivity index (χ0v) is 25.3. The second-order valence-electron chi connectivity index (χ2n) is 10.5. The van der Waals surface area contributed by atoms with Gasteiger partial charge >= 0.3 is 0 Å². The molecule has 2 aliphatic heterocycles. The molecule has 2 atom stereocenters. The van der Waals surface area contributed by atoms with Gasteiger partial charge in [-0.05, 0) is 66.5 Å². The molecule has 0 saturated carbocycles. The number of benzene rings is 4. The van der Waals surface area contributed by atoms with Crippen LogP contribution in [-0.2, 0) is 30.8 Å². The van der Waals surface area contributed by atoms with Crippen molar-refractivity contribution in [3.8, 4) is 23.0 Å². The maximum atomic E-state index is 10.6. The first kappa shape index (κ1) is 29.7. The number of rotatable bonds is 10. The Morgan fingerprint density at radius 2 is 1.19 bits per heavy atom. The molecule has 4 aromatic rings. The molecule has 0 saturated heterocycles. The molecule has 5 nitrogen and oxygen atoms in total. The van der Waals surface area contributed by atoms with E-state index in [0.29, 0.717) is 25.7 Å². The quantitative estimate of drug-likeness (QED) is 0.131. The van der Waals surface area contributed by atoms with Gasteiger partial charge in [0, 0.05) is 23.9 Å². The van der Waals surface area contributed by atoms with Crippen LogP contribution in [0.4, 0.5) is 0 Å². The first-order valence-corrected chi connectivity index (χ1v) is 15.7. The maximum Gasteiger partial charge on any atom is 0.126 e. The first-order chi connectivity index (χ1) is 20.7. The summed E-state index contributed by atoms with van der Waals surface area (Å²) in [6.45, 7) is 1.13. The van der Waals surface area contributed by atoms with Gasteiger partial charge in [-0.3, -0.25) is 0 Å². The van der Waals surface area contributed by atoms with E-state index in [2.05, 4.69) is 34.1 Å². The number of hydrogen-bond acceptors (Lipinski definition) is 5. The third-order valence-corrected chi connectivity index (χ3v) is 7.88. The molecule has 0 fully saturated rings. The lowest BCUT2D eigenvalue weighted by atomic mass is 10.0. The molecule has 2 unspecified atom stereocenters. The second-order valence-corrected chi connectivity index (χ2v) is 11.3. The van der Waals surface area contributed by atoms with E-state index in [1.807, 2.05) is 78.9 Å². The lowest BCUT2D eigenvalue weighted by Crippen LogP contribution is -2.22. The van der Waals surface area contributed by atoms with Crippen molar-refractivity contribution < 1.29 is 23.7 Å². The van der Waals surface area contributed by atoms with Crippen LogP contribution in [0.3, 0.4) is 0 Å². The number of carbonyl (C=O) groups excluding carboxylic acids is 1. The molecular formula is C36H37BrO5. The minimum atomic E-state index is -0.000580. The summed E-state index contributed by atoms with van der Waals surface area (Å²) >= 11 is 3.49. The molecule has 0 bridgehead atoms. The van der Waals surface area contributed by atoms with Crippen molar-refractivity contribution in [1.29, 1.82) is 0 Å². The number of aldehydes is 1. The molecule has 2 heterocycles. The van der Waals surface area contributed by atoms with E-state index < -0.39 is 0 Å². The van der Waals surface area contributed by atoms with Crippen LogP contribution in [0.25, 0.3) is 0 Å². The monoisotopic (exact) mass is 628 g/mol. The fourth-order valence-electron chi connectivity index (χ4n) is 5.07. The topological polar surface area (TPSA) is 54.0 Å². The molecule has 0 radical (unpaired) electrons. The van der Waals surface area contributed by atoms with Gasteiger partial charge in [-0.2, -0.15) is 0 Å². The molecular weight excluding hydrogens is 592 g/mol. The number of alkyl halides is 1. The Morgan fingerprint density at radius 3 is 1.69 bits per heavy atom. The summed E-state index contributed by atoms with van der Waals surface area (Å²) in [4.78, 5) is 10.6. The fraction of sp³-hybridized carbons (Fsp3) is 0.306. The lowest BCUT2D eigenvalue weighted by molar-refractivity contribution is -0.109. The van der Waals surface area contributed by atoms with E-state index in [1.54, 1.807) is 0 Å². The zero-order chi connectivity index (χ0) is 29.0. The van der Waals surface area contributed by atoms with Gasteiger partial charge in [-0.15, -0.1) is 0 Å². The number of hydrogen-bond donors (Lipinski definition) is 0. The van der Waals surface area contributed by atoms with E-state index in [1.165, 1.54) is 16.7 Å². The van der Waals surface area contributed by atoms with Crippen LogP contribution in [0.5, 0.6) is 23.0 Å². The van der Waals surface area contributed by atoms with Crippen LogP contribution < -0.4 is 18.9 Å². The Bertz CT molecular complexity index is 1410. The van der Waals surface area contributed by atoms with Crippen LogP contribution in [0, 0.1) is 0 Å². The van der Waals surface area contributed by atoms with Gasteiger partial charge in [0.25, 0.3) is 0 Å². The van der Waals surface area contributed by atoms with Gasteiger partial charge in [-0.1, -0.05) is 88.7 Å². The molecule has 0 aromatic heterocycles. The van der Waals surface area contributed by atoms with Gasteiger partial charge < -0.3 is 23.7 Å². The zero-order valence-electron chi connectivity index (χ0n) is 23.8. The van der Waals surface area contributed by atoms with Crippen molar-refractivity contribution in [1.82, 2.24) is 0 Å².